The predicted octanol–water partition coefficient (Wildman–Crippen LogP) is 1.06. The van der Waals surface area contributed by atoms with E-state index in [1.807, 2.05) is 0 Å². The van der Waals surface area contributed by atoms with Gasteiger partial charge in [-0.05, 0) is 18.9 Å². The van der Waals surface area contributed by atoms with Gasteiger partial charge in [-0.3, -0.25) is 14.9 Å². The highest BCUT2D eigenvalue weighted by Gasteiger charge is 2.33. The Bertz CT molecular complexity index is 795. The molecule has 0 unspecified atom stereocenters. The van der Waals surface area contributed by atoms with Crippen LogP contribution in [0.1, 0.15) is 12.8 Å². The molecule has 144 valence electrons. The number of piperidine rings is 1. The molecule has 1 aliphatic rings. The summed E-state index contributed by atoms with van der Waals surface area (Å²) in [6, 6.07) is 3.89. The van der Waals surface area contributed by atoms with Crippen LogP contribution >= 0.6 is 0 Å². The van der Waals surface area contributed by atoms with Crippen LogP contribution in [0.15, 0.2) is 18.2 Å². The van der Waals surface area contributed by atoms with Gasteiger partial charge in [0, 0.05) is 39.3 Å². The van der Waals surface area contributed by atoms with Crippen molar-refractivity contribution in [2.45, 2.75) is 12.8 Å². The maximum Gasteiger partial charge on any atom is 0.281 e. The molecule has 1 aromatic carbocycles. The predicted molar refractivity (Wildman–Crippen MR) is 95.2 cm³/mol. The fraction of sp³-hybridized carbons (Fsp3) is 0.533. The molecule has 0 spiro atoms. The minimum absolute atomic E-state index is 0.0591. The van der Waals surface area contributed by atoms with Gasteiger partial charge in [-0.15, -0.1) is 0 Å². The maximum atomic E-state index is 12.6. The first kappa shape index (κ1) is 20.1. The van der Waals surface area contributed by atoms with Gasteiger partial charge in [0.1, 0.15) is 5.75 Å². The first-order valence-electron chi connectivity index (χ1n) is 7.97. The summed E-state index contributed by atoms with van der Waals surface area (Å²) >= 11 is 0. The SMILES string of the molecule is COc1ccc([N+](=O)[O-])cc1NC(=O)[C@H]1CCCN(S(=O)(=O)N(C)C)C1. The van der Waals surface area contributed by atoms with Crippen LogP contribution in [-0.4, -0.2) is 62.2 Å². The molecule has 0 aliphatic carbocycles. The van der Waals surface area contributed by atoms with Crippen molar-refractivity contribution in [1.29, 1.82) is 0 Å². The molecular formula is C15H22N4O6S. The summed E-state index contributed by atoms with van der Waals surface area (Å²) in [6.45, 7) is 0.411. The zero-order valence-corrected chi connectivity index (χ0v) is 15.7. The van der Waals surface area contributed by atoms with Crippen LogP contribution in [0.4, 0.5) is 11.4 Å². The van der Waals surface area contributed by atoms with Gasteiger partial charge in [0.15, 0.2) is 0 Å². The average molecular weight is 386 g/mol. The van der Waals surface area contributed by atoms with Gasteiger partial charge in [-0.25, -0.2) is 0 Å². The van der Waals surface area contributed by atoms with E-state index in [0.717, 1.165) is 4.31 Å². The van der Waals surface area contributed by atoms with Crippen LogP contribution in [0, 0.1) is 16.0 Å². The van der Waals surface area contributed by atoms with Crippen molar-refractivity contribution in [2.75, 3.05) is 39.6 Å². The Labute approximate surface area is 152 Å². The van der Waals surface area contributed by atoms with Crippen LogP contribution in [0.25, 0.3) is 0 Å². The number of non-ortho nitro benzene ring substituents is 1. The number of carbonyl (C=O) groups excluding carboxylic acids is 1. The number of nitrogens with one attached hydrogen (secondary N) is 1. The highest BCUT2D eigenvalue weighted by Crippen LogP contribution is 2.30. The number of nitrogens with zero attached hydrogens (tertiary/aromatic N) is 3. The largest absolute Gasteiger partial charge is 0.495 e. The first-order valence-corrected chi connectivity index (χ1v) is 9.37. The molecule has 0 aromatic heterocycles. The molecule has 10 nitrogen and oxygen atoms in total. The Morgan fingerprint density at radius 3 is 2.69 bits per heavy atom. The Morgan fingerprint density at radius 1 is 1.42 bits per heavy atom. The van der Waals surface area contributed by atoms with Crippen LogP contribution in [-0.2, 0) is 15.0 Å². The van der Waals surface area contributed by atoms with Gasteiger partial charge in [-0.2, -0.15) is 17.0 Å². The summed E-state index contributed by atoms with van der Waals surface area (Å²) in [7, 11) is 0.669. The minimum atomic E-state index is -3.60. The Kier molecular flexibility index (Phi) is 6.16. The van der Waals surface area contributed by atoms with E-state index in [2.05, 4.69) is 5.32 Å². The van der Waals surface area contributed by atoms with E-state index >= 15 is 0 Å². The highest BCUT2D eigenvalue weighted by atomic mass is 32.2. The summed E-state index contributed by atoms with van der Waals surface area (Å²) < 4.78 is 32.0. The number of carbonyl (C=O) groups is 1. The van der Waals surface area contributed by atoms with Gasteiger partial charge in [0.05, 0.1) is 23.6 Å². The number of rotatable bonds is 6. The Morgan fingerprint density at radius 2 is 2.12 bits per heavy atom. The second-order valence-electron chi connectivity index (χ2n) is 6.12. The van der Waals surface area contributed by atoms with E-state index in [0.29, 0.717) is 19.4 Å². The van der Waals surface area contributed by atoms with Gasteiger partial charge in [0.2, 0.25) is 5.91 Å². The highest BCUT2D eigenvalue weighted by molar-refractivity contribution is 7.86. The zero-order valence-electron chi connectivity index (χ0n) is 14.8. The topological polar surface area (TPSA) is 122 Å². The molecule has 26 heavy (non-hydrogen) atoms. The van der Waals surface area contributed by atoms with Crippen molar-refractivity contribution in [3.63, 3.8) is 0 Å². The van der Waals surface area contributed by atoms with Crippen LogP contribution < -0.4 is 10.1 Å². The molecule has 1 saturated heterocycles. The molecule has 1 aromatic rings. The second kappa shape index (κ2) is 7.98. The number of anilines is 1. The fourth-order valence-electron chi connectivity index (χ4n) is 2.74. The van der Waals surface area contributed by atoms with Crippen molar-refractivity contribution >= 4 is 27.5 Å². The van der Waals surface area contributed by atoms with E-state index in [1.54, 1.807) is 0 Å². The van der Waals surface area contributed by atoms with Crippen molar-refractivity contribution in [3.05, 3.63) is 28.3 Å². The lowest BCUT2D eigenvalue weighted by Gasteiger charge is -2.32. The fourth-order valence-corrected chi connectivity index (χ4v) is 3.93. The third-order valence-corrected chi connectivity index (χ3v) is 6.10. The molecule has 1 amide bonds. The van der Waals surface area contributed by atoms with E-state index in [4.69, 9.17) is 4.74 Å². The summed E-state index contributed by atoms with van der Waals surface area (Å²) in [5.74, 6) is -0.664. The minimum Gasteiger partial charge on any atom is -0.495 e. The Balaban J connectivity index is 2.17. The molecule has 1 atom stereocenters. The molecule has 1 aliphatic heterocycles. The lowest BCUT2D eigenvalue weighted by Crippen LogP contribution is -2.47. The molecule has 0 radical (unpaired) electrons. The number of nitro benzene ring substituents is 1. The zero-order chi connectivity index (χ0) is 19.5. The third-order valence-electron chi connectivity index (χ3n) is 4.19. The number of nitro groups is 1. The van der Waals surface area contributed by atoms with Crippen molar-refractivity contribution in [3.8, 4) is 5.75 Å². The maximum absolute atomic E-state index is 12.6. The summed E-state index contributed by atoms with van der Waals surface area (Å²) in [5.41, 5.74) is 0.000784. The smallest absolute Gasteiger partial charge is 0.281 e. The van der Waals surface area contributed by atoms with E-state index in [-0.39, 0.29) is 23.7 Å². The van der Waals surface area contributed by atoms with E-state index in [9.17, 15) is 23.3 Å². The molecular weight excluding hydrogens is 364 g/mol. The third kappa shape index (κ3) is 4.29. The van der Waals surface area contributed by atoms with Crippen LogP contribution in [0.5, 0.6) is 5.75 Å². The molecule has 1 fully saturated rings. The molecule has 0 saturated carbocycles. The number of benzene rings is 1. The summed E-state index contributed by atoms with van der Waals surface area (Å²) in [4.78, 5) is 23.0. The number of hydrogen-bond acceptors (Lipinski definition) is 6. The van der Waals surface area contributed by atoms with E-state index in [1.165, 1.54) is 43.7 Å². The number of ether oxygens (including phenoxy) is 1. The lowest BCUT2D eigenvalue weighted by atomic mass is 9.98. The molecule has 1 N–H and O–H groups in total. The lowest BCUT2D eigenvalue weighted by molar-refractivity contribution is -0.384. The van der Waals surface area contributed by atoms with Crippen molar-refractivity contribution in [2.24, 2.45) is 5.92 Å². The molecule has 2 rings (SSSR count). The first-order chi connectivity index (χ1) is 12.2. The summed E-state index contributed by atoms with van der Waals surface area (Å²) in [5, 5.41) is 13.6. The van der Waals surface area contributed by atoms with Crippen molar-refractivity contribution < 1.29 is 22.9 Å². The van der Waals surface area contributed by atoms with Crippen molar-refractivity contribution in [1.82, 2.24) is 8.61 Å². The number of hydrogen-bond donors (Lipinski definition) is 1. The van der Waals surface area contributed by atoms with Gasteiger partial charge in [-0.1, -0.05) is 0 Å². The second-order valence-corrected chi connectivity index (χ2v) is 8.26. The molecule has 1 heterocycles. The van der Waals surface area contributed by atoms with Crippen LogP contribution in [0.3, 0.4) is 0 Å². The number of amides is 1. The standard InChI is InChI=1S/C15H22N4O6S/c1-17(2)26(23,24)18-8-4-5-11(10-18)15(20)16-13-9-12(19(21)22)6-7-14(13)25-3/h6-7,9,11H,4-5,8,10H2,1-3H3,(H,16,20)/t11-/m0/s1. The van der Waals surface area contributed by atoms with E-state index < -0.39 is 27.0 Å². The normalized spacial score (nSPS) is 18.5. The molecule has 0 bridgehead atoms. The summed E-state index contributed by atoms with van der Waals surface area (Å²) in [6.07, 6.45) is 1.08. The monoisotopic (exact) mass is 386 g/mol. The van der Waals surface area contributed by atoms with Crippen LogP contribution in [0.2, 0.25) is 0 Å². The quantitative estimate of drug-likeness (QED) is 0.576. The molecule has 11 heteroatoms. The average Bonchev–Trinajstić information content (AvgIpc) is 2.61. The van der Waals surface area contributed by atoms with Gasteiger partial charge < -0.3 is 10.1 Å². The Hall–Kier alpha value is -2.24. The van der Waals surface area contributed by atoms with Gasteiger partial charge in [0.25, 0.3) is 15.9 Å². The van der Waals surface area contributed by atoms with Gasteiger partial charge >= 0.3 is 0 Å². The number of methoxy groups -OCH3 is 1.